The van der Waals surface area contributed by atoms with Crippen LogP contribution in [0.2, 0.25) is 5.15 Å². The van der Waals surface area contributed by atoms with Gasteiger partial charge in [0.05, 0.1) is 7.11 Å². The number of sulfonamides is 1. The average Bonchev–Trinajstić information content (AvgIpc) is 2.54. The summed E-state index contributed by atoms with van der Waals surface area (Å²) in [6, 6.07) is 6.73. The first-order chi connectivity index (χ1) is 11.9. The summed E-state index contributed by atoms with van der Waals surface area (Å²) in [6.45, 7) is 1.90. The van der Waals surface area contributed by atoms with Crippen LogP contribution in [0.3, 0.4) is 0 Å². The fraction of sp³-hybridized carbons (Fsp3) is 0.214. The van der Waals surface area contributed by atoms with Crippen LogP contribution in [-0.4, -0.2) is 37.3 Å². The van der Waals surface area contributed by atoms with Crippen LogP contribution in [0.25, 0.3) is 0 Å². The van der Waals surface area contributed by atoms with Crippen molar-refractivity contribution >= 4 is 45.4 Å². The molecule has 0 radical (unpaired) electrons. The van der Waals surface area contributed by atoms with Gasteiger partial charge in [0.2, 0.25) is 11.8 Å². The molecule has 1 aromatic heterocycles. The second-order valence-corrected chi connectivity index (χ2v) is 7.84. The summed E-state index contributed by atoms with van der Waals surface area (Å²) in [5.41, 5.74) is 0. The molecule has 0 aliphatic rings. The third kappa shape index (κ3) is 5.21. The molecular weight excluding hydrogens is 388 g/mol. The lowest BCUT2D eigenvalue weighted by Crippen LogP contribution is -2.35. The number of carbonyl (C=O) groups excluding carboxylic acids is 1. The number of thioether (sulfide) groups is 1. The largest absolute Gasteiger partial charge is 0.481 e. The van der Waals surface area contributed by atoms with Crippen LogP contribution >= 0.6 is 23.4 Å². The number of anilines is 1. The van der Waals surface area contributed by atoms with Crippen molar-refractivity contribution in [1.29, 1.82) is 0 Å². The number of halogens is 1. The van der Waals surface area contributed by atoms with E-state index in [1.54, 1.807) is 18.2 Å². The molecule has 0 saturated heterocycles. The van der Waals surface area contributed by atoms with Crippen molar-refractivity contribution in [2.24, 2.45) is 0 Å². The van der Waals surface area contributed by atoms with E-state index in [0.29, 0.717) is 10.6 Å². The van der Waals surface area contributed by atoms with Gasteiger partial charge in [-0.3, -0.25) is 5.32 Å². The number of nitrogens with zero attached hydrogens (tertiary/aromatic N) is 2. The van der Waals surface area contributed by atoms with Gasteiger partial charge in [-0.2, -0.15) is 4.98 Å². The number of urea groups is 1. The molecule has 0 fully saturated rings. The smallest absolute Gasteiger partial charge is 0.335 e. The molecule has 0 saturated carbocycles. The Bertz CT molecular complexity index is 877. The van der Waals surface area contributed by atoms with Crippen LogP contribution in [0, 0.1) is 0 Å². The summed E-state index contributed by atoms with van der Waals surface area (Å²) in [7, 11) is -2.69. The molecule has 2 N–H and O–H groups in total. The summed E-state index contributed by atoms with van der Waals surface area (Å²) in [5.74, 6) is 0.630. The van der Waals surface area contributed by atoms with E-state index in [1.165, 1.54) is 31.0 Å². The molecule has 134 valence electrons. The van der Waals surface area contributed by atoms with Gasteiger partial charge in [-0.1, -0.05) is 30.7 Å². The monoisotopic (exact) mass is 402 g/mol. The number of rotatable bonds is 6. The van der Waals surface area contributed by atoms with Gasteiger partial charge in [0.1, 0.15) is 10.0 Å². The predicted octanol–water partition coefficient (Wildman–Crippen LogP) is 2.76. The number of hydrogen-bond donors (Lipinski definition) is 2. The molecule has 0 unspecified atom stereocenters. The summed E-state index contributed by atoms with van der Waals surface area (Å²) >= 11 is 7.13. The van der Waals surface area contributed by atoms with E-state index in [0.717, 1.165) is 0 Å². The molecule has 0 aliphatic carbocycles. The van der Waals surface area contributed by atoms with Crippen LogP contribution in [0.1, 0.15) is 6.92 Å². The molecule has 0 aliphatic heterocycles. The Hall–Kier alpha value is -2.04. The topological polar surface area (TPSA) is 110 Å². The molecule has 2 rings (SSSR count). The zero-order valence-corrected chi connectivity index (χ0v) is 15.7. The fourth-order valence-corrected chi connectivity index (χ4v) is 4.18. The Kier molecular flexibility index (Phi) is 6.45. The third-order valence-corrected chi connectivity index (χ3v) is 5.44. The number of benzene rings is 1. The fourth-order valence-electron chi connectivity index (χ4n) is 1.81. The second-order valence-electron chi connectivity index (χ2n) is 4.50. The van der Waals surface area contributed by atoms with Crippen molar-refractivity contribution < 1.29 is 17.9 Å². The molecule has 25 heavy (non-hydrogen) atoms. The summed E-state index contributed by atoms with van der Waals surface area (Å²) in [4.78, 5) is 20.2. The number of aromatic nitrogens is 2. The van der Waals surface area contributed by atoms with Crippen molar-refractivity contribution in [3.63, 3.8) is 0 Å². The van der Waals surface area contributed by atoms with Crippen LogP contribution in [0.15, 0.2) is 40.1 Å². The predicted molar refractivity (Wildman–Crippen MR) is 95.8 cm³/mol. The Balaban J connectivity index is 2.18. The molecule has 2 amide bonds. The van der Waals surface area contributed by atoms with E-state index < -0.39 is 16.1 Å². The molecule has 0 atom stereocenters. The number of nitrogens with one attached hydrogen (secondary N) is 2. The van der Waals surface area contributed by atoms with Crippen LogP contribution in [0.5, 0.6) is 5.88 Å². The van der Waals surface area contributed by atoms with Crippen molar-refractivity contribution in [3.8, 4) is 5.88 Å². The van der Waals surface area contributed by atoms with E-state index >= 15 is 0 Å². The van der Waals surface area contributed by atoms with Gasteiger partial charge in [-0.25, -0.2) is 22.9 Å². The highest BCUT2D eigenvalue weighted by Crippen LogP contribution is 2.26. The van der Waals surface area contributed by atoms with E-state index in [9.17, 15) is 13.2 Å². The molecule has 0 bridgehead atoms. The van der Waals surface area contributed by atoms with Gasteiger partial charge in [-0.05, 0) is 17.9 Å². The maximum Gasteiger partial charge on any atom is 0.335 e. The van der Waals surface area contributed by atoms with Gasteiger partial charge < -0.3 is 4.74 Å². The van der Waals surface area contributed by atoms with Crippen molar-refractivity contribution in [2.45, 2.75) is 16.7 Å². The highest BCUT2D eigenvalue weighted by Gasteiger charge is 2.21. The molecule has 1 aromatic carbocycles. The normalized spacial score (nSPS) is 11.0. The zero-order chi connectivity index (χ0) is 18.4. The highest BCUT2D eigenvalue weighted by molar-refractivity contribution is 8.00. The minimum atomic E-state index is -4.06. The average molecular weight is 403 g/mol. The molecule has 2 aromatic rings. The maximum absolute atomic E-state index is 12.4. The number of methoxy groups -OCH3 is 1. The summed E-state index contributed by atoms with van der Waals surface area (Å²) in [5, 5.41) is 2.25. The number of hydrogen-bond acceptors (Lipinski definition) is 7. The first-order valence-electron chi connectivity index (χ1n) is 7.00. The van der Waals surface area contributed by atoms with Crippen LogP contribution in [0.4, 0.5) is 10.7 Å². The van der Waals surface area contributed by atoms with E-state index in [-0.39, 0.29) is 21.9 Å². The van der Waals surface area contributed by atoms with Crippen LogP contribution in [-0.2, 0) is 10.0 Å². The van der Waals surface area contributed by atoms with Crippen LogP contribution < -0.4 is 14.8 Å². The lowest BCUT2D eigenvalue weighted by molar-refractivity contribution is 0.256. The molecule has 1 heterocycles. The number of ether oxygens (including phenoxy) is 1. The standard InChI is InChI=1S/C14H15ClN4O4S2/c1-3-24-9-6-4-5-7-10(9)25(21,22)19-14(20)18-13-16-11(15)8-12(17-13)23-2/h4-8H,3H2,1-2H3,(H2,16,17,18,19,20). The Morgan fingerprint density at radius 1 is 1.32 bits per heavy atom. The highest BCUT2D eigenvalue weighted by atomic mass is 35.5. The Morgan fingerprint density at radius 3 is 2.72 bits per heavy atom. The van der Waals surface area contributed by atoms with Crippen molar-refractivity contribution in [2.75, 3.05) is 18.2 Å². The maximum atomic E-state index is 12.4. The number of amides is 2. The van der Waals surface area contributed by atoms with Crippen molar-refractivity contribution in [3.05, 3.63) is 35.5 Å². The van der Waals surface area contributed by atoms with E-state index in [1.807, 2.05) is 11.6 Å². The van der Waals surface area contributed by atoms with Gasteiger partial charge in [0, 0.05) is 11.0 Å². The third-order valence-electron chi connectivity index (χ3n) is 2.77. The second kappa shape index (κ2) is 8.37. The van der Waals surface area contributed by atoms with Crippen molar-refractivity contribution in [1.82, 2.24) is 14.7 Å². The van der Waals surface area contributed by atoms with Gasteiger partial charge in [0.15, 0.2) is 0 Å². The quantitative estimate of drug-likeness (QED) is 0.564. The van der Waals surface area contributed by atoms with Gasteiger partial charge in [-0.15, -0.1) is 11.8 Å². The zero-order valence-electron chi connectivity index (χ0n) is 13.3. The summed E-state index contributed by atoms with van der Waals surface area (Å²) in [6.07, 6.45) is 0. The lowest BCUT2D eigenvalue weighted by atomic mass is 10.4. The Morgan fingerprint density at radius 2 is 2.04 bits per heavy atom. The van der Waals surface area contributed by atoms with E-state index in [2.05, 4.69) is 15.3 Å². The first-order valence-corrected chi connectivity index (χ1v) is 9.84. The van der Waals surface area contributed by atoms with E-state index in [4.69, 9.17) is 16.3 Å². The first kappa shape index (κ1) is 19.3. The minimum absolute atomic E-state index is 0.0154. The number of carbonyl (C=O) groups is 1. The molecular formula is C14H15ClN4O4S2. The van der Waals surface area contributed by atoms with Gasteiger partial charge in [0.25, 0.3) is 10.0 Å². The SMILES string of the molecule is CCSc1ccccc1S(=O)(=O)NC(=O)Nc1nc(Cl)cc(OC)n1. The van der Waals surface area contributed by atoms with Gasteiger partial charge >= 0.3 is 6.03 Å². The lowest BCUT2D eigenvalue weighted by Gasteiger charge is -2.11. The molecule has 11 heteroatoms. The Labute approximate surface area is 154 Å². The molecule has 8 nitrogen and oxygen atoms in total. The summed E-state index contributed by atoms with van der Waals surface area (Å²) < 4.78 is 31.7. The molecule has 0 spiro atoms. The minimum Gasteiger partial charge on any atom is -0.481 e.